The molecule has 0 spiro atoms. The number of methoxy groups -OCH3 is 1. The summed E-state index contributed by atoms with van der Waals surface area (Å²) in [5.41, 5.74) is 1.82. The maximum Gasteiger partial charge on any atom is 0.270 e. The first-order valence-electron chi connectivity index (χ1n) is 10.4. The molecule has 0 radical (unpaired) electrons. The van der Waals surface area contributed by atoms with Crippen LogP contribution in [0.2, 0.25) is 0 Å². The lowest BCUT2D eigenvalue weighted by Crippen LogP contribution is -2.56. The van der Waals surface area contributed by atoms with Crippen LogP contribution >= 0.6 is 12.2 Å². The lowest BCUT2D eigenvalue weighted by atomic mass is 10.0. The van der Waals surface area contributed by atoms with E-state index >= 15 is 0 Å². The molecular formula is C26H22N2O4S. The zero-order chi connectivity index (χ0) is 23.4. The van der Waals surface area contributed by atoms with Crippen molar-refractivity contribution in [1.82, 2.24) is 0 Å². The molecule has 1 aliphatic heterocycles. The Morgan fingerprint density at radius 1 is 0.788 bits per heavy atom. The molecule has 1 heterocycles. The van der Waals surface area contributed by atoms with E-state index in [1.165, 1.54) is 9.80 Å². The fourth-order valence-electron chi connectivity index (χ4n) is 3.49. The predicted molar refractivity (Wildman–Crippen MR) is 133 cm³/mol. The molecule has 0 bridgehead atoms. The standard InChI is InChI=1S/C26H22N2O4S/c1-3-32-22-15-11-20(12-16-22)28-25(30)23(17-18-9-13-21(31-2)14-10-18)24(29)27(26(28)33)19-7-5-4-6-8-19/h4-17H,3H2,1-2H3. The SMILES string of the molecule is CCOc1ccc(N2C(=O)C(=Cc3ccc(OC)cc3)C(=O)N(c3ccccc3)C2=S)cc1. The summed E-state index contributed by atoms with van der Waals surface area (Å²) in [4.78, 5) is 29.7. The Kier molecular flexibility index (Phi) is 6.51. The highest BCUT2D eigenvalue weighted by Crippen LogP contribution is 2.31. The number of nitrogens with zero attached hydrogens (tertiary/aromatic N) is 2. The van der Waals surface area contributed by atoms with E-state index in [2.05, 4.69) is 0 Å². The van der Waals surface area contributed by atoms with Crippen molar-refractivity contribution in [3.63, 3.8) is 0 Å². The van der Waals surface area contributed by atoms with Gasteiger partial charge in [0.25, 0.3) is 11.8 Å². The average Bonchev–Trinajstić information content (AvgIpc) is 2.84. The van der Waals surface area contributed by atoms with Gasteiger partial charge in [0.15, 0.2) is 5.11 Å². The quantitative estimate of drug-likeness (QED) is 0.301. The van der Waals surface area contributed by atoms with Crippen molar-refractivity contribution in [2.75, 3.05) is 23.5 Å². The Bertz CT molecular complexity index is 1210. The van der Waals surface area contributed by atoms with Crippen molar-refractivity contribution in [2.24, 2.45) is 0 Å². The fourth-order valence-corrected chi connectivity index (χ4v) is 3.86. The first-order valence-corrected chi connectivity index (χ1v) is 10.8. The van der Waals surface area contributed by atoms with Gasteiger partial charge in [0.2, 0.25) is 0 Å². The van der Waals surface area contributed by atoms with Gasteiger partial charge in [-0.1, -0.05) is 30.3 Å². The van der Waals surface area contributed by atoms with Crippen molar-refractivity contribution in [2.45, 2.75) is 6.92 Å². The molecule has 0 unspecified atom stereocenters. The Balaban J connectivity index is 1.80. The van der Waals surface area contributed by atoms with Gasteiger partial charge in [-0.3, -0.25) is 19.4 Å². The van der Waals surface area contributed by atoms with Crippen LogP contribution < -0.4 is 19.3 Å². The van der Waals surface area contributed by atoms with Gasteiger partial charge in [0, 0.05) is 0 Å². The highest BCUT2D eigenvalue weighted by Gasteiger charge is 2.41. The van der Waals surface area contributed by atoms with Gasteiger partial charge in [0.05, 0.1) is 25.1 Å². The van der Waals surface area contributed by atoms with Crippen molar-refractivity contribution in [3.05, 3.63) is 90.0 Å². The number of rotatable bonds is 6. The van der Waals surface area contributed by atoms with Crippen molar-refractivity contribution in [1.29, 1.82) is 0 Å². The summed E-state index contributed by atoms with van der Waals surface area (Å²) < 4.78 is 10.7. The summed E-state index contributed by atoms with van der Waals surface area (Å²) in [6, 6.07) is 23.2. The number of thiocarbonyl (C=S) groups is 1. The van der Waals surface area contributed by atoms with Crippen LogP contribution in [-0.2, 0) is 9.59 Å². The molecule has 1 aliphatic rings. The molecule has 7 heteroatoms. The molecule has 1 fully saturated rings. The predicted octanol–water partition coefficient (Wildman–Crippen LogP) is 4.84. The minimum Gasteiger partial charge on any atom is -0.497 e. The second kappa shape index (κ2) is 9.67. The van der Waals surface area contributed by atoms with E-state index in [1.807, 2.05) is 25.1 Å². The Hall–Kier alpha value is -3.97. The molecule has 3 aromatic carbocycles. The van der Waals surface area contributed by atoms with E-state index in [4.69, 9.17) is 21.7 Å². The number of hydrogen-bond acceptors (Lipinski definition) is 5. The number of para-hydroxylation sites is 1. The number of carbonyl (C=O) groups is 2. The molecule has 0 saturated carbocycles. The molecule has 0 atom stereocenters. The van der Waals surface area contributed by atoms with Crippen LogP contribution in [0, 0.1) is 0 Å². The van der Waals surface area contributed by atoms with E-state index in [-0.39, 0.29) is 10.7 Å². The third-order valence-corrected chi connectivity index (χ3v) is 5.46. The van der Waals surface area contributed by atoms with Crippen LogP contribution in [0.25, 0.3) is 6.08 Å². The van der Waals surface area contributed by atoms with Gasteiger partial charge in [0.1, 0.15) is 17.1 Å². The van der Waals surface area contributed by atoms with Crippen LogP contribution in [0.15, 0.2) is 84.4 Å². The van der Waals surface area contributed by atoms with E-state index in [1.54, 1.807) is 73.8 Å². The highest BCUT2D eigenvalue weighted by molar-refractivity contribution is 7.81. The van der Waals surface area contributed by atoms with E-state index in [9.17, 15) is 9.59 Å². The molecule has 2 amide bonds. The summed E-state index contributed by atoms with van der Waals surface area (Å²) in [5, 5.41) is 0.0900. The maximum atomic E-state index is 13.5. The van der Waals surface area contributed by atoms with Gasteiger partial charge >= 0.3 is 0 Å². The Morgan fingerprint density at radius 3 is 1.88 bits per heavy atom. The van der Waals surface area contributed by atoms with Crippen LogP contribution in [0.4, 0.5) is 11.4 Å². The average molecular weight is 459 g/mol. The van der Waals surface area contributed by atoms with Crippen LogP contribution in [0.5, 0.6) is 11.5 Å². The normalized spacial score (nSPS) is 15.2. The molecule has 0 N–H and O–H groups in total. The molecule has 6 nitrogen and oxygen atoms in total. The zero-order valence-electron chi connectivity index (χ0n) is 18.2. The van der Waals surface area contributed by atoms with Crippen molar-refractivity contribution in [3.8, 4) is 11.5 Å². The summed E-state index contributed by atoms with van der Waals surface area (Å²) in [5.74, 6) is 0.398. The third kappa shape index (κ3) is 4.49. The molecule has 166 valence electrons. The number of amides is 2. The summed E-state index contributed by atoms with van der Waals surface area (Å²) in [6.45, 7) is 2.43. The van der Waals surface area contributed by atoms with Gasteiger partial charge < -0.3 is 9.47 Å². The fraction of sp³-hybridized carbons (Fsp3) is 0.115. The lowest BCUT2D eigenvalue weighted by molar-refractivity contribution is -0.120. The van der Waals surface area contributed by atoms with E-state index < -0.39 is 11.8 Å². The van der Waals surface area contributed by atoms with Crippen LogP contribution in [0.1, 0.15) is 12.5 Å². The molecule has 0 aromatic heterocycles. The number of ether oxygens (including phenoxy) is 2. The molecular weight excluding hydrogens is 436 g/mol. The lowest BCUT2D eigenvalue weighted by Gasteiger charge is -2.36. The number of hydrogen-bond donors (Lipinski definition) is 0. The largest absolute Gasteiger partial charge is 0.497 e. The first-order chi connectivity index (χ1) is 16.0. The number of anilines is 2. The number of benzene rings is 3. The minimum atomic E-state index is -0.489. The molecule has 1 saturated heterocycles. The smallest absolute Gasteiger partial charge is 0.270 e. The molecule has 33 heavy (non-hydrogen) atoms. The Morgan fingerprint density at radius 2 is 1.33 bits per heavy atom. The monoisotopic (exact) mass is 458 g/mol. The van der Waals surface area contributed by atoms with Crippen molar-refractivity contribution >= 4 is 46.6 Å². The first kappa shape index (κ1) is 22.2. The maximum absolute atomic E-state index is 13.5. The van der Waals surface area contributed by atoms with Crippen LogP contribution in [-0.4, -0.2) is 30.6 Å². The summed E-state index contributed by atoms with van der Waals surface area (Å²) in [6.07, 6.45) is 1.57. The molecule has 4 rings (SSSR count). The minimum absolute atomic E-state index is 0.00602. The van der Waals surface area contributed by atoms with Gasteiger partial charge in [-0.15, -0.1) is 0 Å². The van der Waals surface area contributed by atoms with Crippen LogP contribution in [0.3, 0.4) is 0 Å². The second-order valence-electron chi connectivity index (χ2n) is 7.16. The van der Waals surface area contributed by atoms with Crippen molar-refractivity contribution < 1.29 is 19.1 Å². The number of carbonyl (C=O) groups excluding carboxylic acids is 2. The summed E-state index contributed by atoms with van der Waals surface area (Å²) >= 11 is 5.64. The van der Waals surface area contributed by atoms with E-state index in [0.29, 0.717) is 35.0 Å². The van der Waals surface area contributed by atoms with Gasteiger partial charge in [-0.25, -0.2) is 0 Å². The van der Waals surface area contributed by atoms with Gasteiger partial charge in [-0.2, -0.15) is 0 Å². The third-order valence-electron chi connectivity index (χ3n) is 5.10. The topological polar surface area (TPSA) is 59.1 Å². The second-order valence-corrected chi connectivity index (χ2v) is 7.52. The highest BCUT2D eigenvalue weighted by atomic mass is 32.1. The Labute approximate surface area is 197 Å². The molecule has 0 aliphatic carbocycles. The van der Waals surface area contributed by atoms with E-state index in [0.717, 1.165) is 0 Å². The zero-order valence-corrected chi connectivity index (χ0v) is 19.0. The van der Waals surface area contributed by atoms with Gasteiger partial charge in [-0.05, 0) is 79.3 Å². The summed E-state index contributed by atoms with van der Waals surface area (Å²) in [7, 11) is 1.58. The molecule has 3 aromatic rings.